The molecule has 10 heteroatoms. The first-order valence-corrected chi connectivity index (χ1v) is 8.60. The van der Waals surface area contributed by atoms with Crippen LogP contribution in [0.15, 0.2) is 23.1 Å². The predicted octanol–water partition coefficient (Wildman–Crippen LogP) is 1.12. The van der Waals surface area contributed by atoms with Gasteiger partial charge in [-0.3, -0.25) is 24.5 Å². The van der Waals surface area contributed by atoms with Gasteiger partial charge in [-0.25, -0.2) is 8.42 Å². The molecule has 0 unspecified atom stereocenters. The summed E-state index contributed by atoms with van der Waals surface area (Å²) in [5.74, 6) is -3.61. The molecule has 8 nitrogen and oxygen atoms in total. The molecule has 1 aromatic carbocycles. The Balaban J connectivity index is 0.00000288. The largest absolute Gasteiger partial charge is 0.298 e. The number of carbonyl (C=O) groups excluding carboxylic acids is 3. The molecule has 1 radical (unpaired) electrons. The van der Waals surface area contributed by atoms with Crippen LogP contribution < -0.4 is 0 Å². The molecule has 0 spiro atoms. The molecule has 0 aliphatic heterocycles. The van der Waals surface area contributed by atoms with Crippen LogP contribution in [-0.2, 0) is 36.5 Å². The molecule has 1 saturated carbocycles. The summed E-state index contributed by atoms with van der Waals surface area (Å²) in [6.07, 6.45) is 1.37. The van der Waals surface area contributed by atoms with Crippen molar-refractivity contribution in [1.82, 2.24) is 0 Å². The van der Waals surface area contributed by atoms with Crippen molar-refractivity contribution in [2.45, 2.75) is 24.2 Å². The minimum absolute atomic E-state index is 0. The summed E-state index contributed by atoms with van der Waals surface area (Å²) in [7, 11) is -3.70. The van der Waals surface area contributed by atoms with Gasteiger partial charge in [0.25, 0.3) is 5.69 Å². The number of nitro groups is 1. The van der Waals surface area contributed by atoms with Crippen LogP contribution in [0.1, 0.15) is 29.6 Å². The van der Waals surface area contributed by atoms with Crippen molar-refractivity contribution in [3.05, 3.63) is 33.9 Å². The van der Waals surface area contributed by atoms with E-state index in [1.54, 1.807) is 0 Å². The van der Waals surface area contributed by atoms with E-state index >= 15 is 0 Å². The minimum atomic E-state index is -3.70. The van der Waals surface area contributed by atoms with Crippen LogP contribution in [0.2, 0.25) is 0 Å². The molecule has 2 rings (SSSR count). The third-order valence-electron chi connectivity index (χ3n) is 3.61. The van der Waals surface area contributed by atoms with E-state index in [-0.39, 0.29) is 34.8 Å². The number of Topliss-reactive ketones (excluding diaryl/α,β-unsaturated/α-hetero) is 3. The Bertz CT molecular complexity index is 816. The molecule has 1 aromatic rings. The predicted molar refractivity (Wildman–Crippen MR) is 77.9 cm³/mol. The van der Waals surface area contributed by atoms with Crippen molar-refractivity contribution in [1.29, 1.82) is 0 Å². The van der Waals surface area contributed by atoms with Crippen LogP contribution in [0.25, 0.3) is 0 Å². The van der Waals surface area contributed by atoms with E-state index in [1.807, 2.05) is 0 Å². The molecule has 24 heavy (non-hydrogen) atoms. The quantitative estimate of drug-likeness (QED) is 0.242. The molecular formula is C14H13CuNO7S. The summed E-state index contributed by atoms with van der Waals surface area (Å²) < 4.78 is 23.0. The summed E-state index contributed by atoms with van der Waals surface area (Å²) in [5, 5.41) is 11.1. The summed E-state index contributed by atoms with van der Waals surface area (Å²) in [6, 6.07) is 2.79. The zero-order valence-corrected chi connectivity index (χ0v) is 14.2. The molecule has 0 aromatic heterocycles. The number of nitrogens with zero attached hydrogens (tertiary/aromatic N) is 1. The van der Waals surface area contributed by atoms with E-state index in [0.29, 0.717) is 6.42 Å². The number of hydrogen-bond acceptors (Lipinski definition) is 7. The van der Waals surface area contributed by atoms with Crippen LogP contribution >= 0.6 is 0 Å². The number of carbonyl (C=O) groups is 3. The van der Waals surface area contributed by atoms with Crippen LogP contribution in [0.3, 0.4) is 0 Å². The maximum absolute atomic E-state index is 12.4. The Hall–Kier alpha value is -1.90. The molecule has 0 atom stereocenters. The van der Waals surface area contributed by atoms with Crippen molar-refractivity contribution in [2.24, 2.45) is 5.92 Å². The number of ketones is 3. The number of hydrogen-bond donors (Lipinski definition) is 0. The van der Waals surface area contributed by atoms with Gasteiger partial charge in [0.05, 0.1) is 15.4 Å². The standard InChI is InChI=1S/C14H13NO7S.Cu/c1-23(21,22)8-5-6-9(10(7-8)15(19)20)14(18)13-11(16)3-2-4-12(13)17;/h5-7,13H,2-4H2,1H3;. The third kappa shape index (κ3) is 3.95. The summed E-state index contributed by atoms with van der Waals surface area (Å²) in [6.45, 7) is 0. The fourth-order valence-electron chi connectivity index (χ4n) is 2.45. The molecule has 0 bridgehead atoms. The molecule has 0 saturated heterocycles. The fraction of sp³-hybridized carbons (Fsp3) is 0.357. The second kappa shape index (κ2) is 7.33. The Morgan fingerprint density at radius 3 is 2.21 bits per heavy atom. The fourth-order valence-corrected chi connectivity index (χ4v) is 3.10. The van der Waals surface area contributed by atoms with Crippen LogP contribution in [0.5, 0.6) is 0 Å². The van der Waals surface area contributed by atoms with Crippen molar-refractivity contribution < 1.29 is 44.8 Å². The SMILES string of the molecule is CS(=O)(=O)c1ccc(C(=O)C2C(=O)CCCC2=O)c([N+](=O)[O-])c1.[Cu]. The van der Waals surface area contributed by atoms with Gasteiger partial charge < -0.3 is 0 Å². The smallest absolute Gasteiger partial charge is 0.281 e. The Morgan fingerprint density at radius 1 is 1.21 bits per heavy atom. The normalized spacial score (nSPS) is 15.7. The average molecular weight is 403 g/mol. The number of benzene rings is 1. The van der Waals surface area contributed by atoms with Crippen molar-refractivity contribution in [2.75, 3.05) is 6.26 Å². The number of nitro benzene ring substituents is 1. The monoisotopic (exact) mass is 402 g/mol. The second-order valence-corrected chi connectivity index (χ2v) is 7.31. The number of sulfone groups is 1. The van der Waals surface area contributed by atoms with Crippen LogP contribution in [-0.4, -0.2) is 36.9 Å². The molecule has 1 aliphatic rings. The van der Waals surface area contributed by atoms with Crippen LogP contribution in [0, 0.1) is 16.0 Å². The van der Waals surface area contributed by atoms with Crippen molar-refractivity contribution in [3.63, 3.8) is 0 Å². The van der Waals surface area contributed by atoms with E-state index in [2.05, 4.69) is 0 Å². The first-order chi connectivity index (χ1) is 10.6. The molecule has 0 heterocycles. The number of rotatable bonds is 4. The minimum Gasteiger partial charge on any atom is -0.298 e. The van der Waals surface area contributed by atoms with Gasteiger partial charge in [0.1, 0.15) is 5.92 Å². The van der Waals surface area contributed by atoms with Gasteiger partial charge in [0, 0.05) is 42.2 Å². The maximum Gasteiger partial charge on any atom is 0.281 e. The first kappa shape index (κ1) is 20.1. The Kier molecular flexibility index (Phi) is 6.15. The zero-order valence-electron chi connectivity index (χ0n) is 12.4. The van der Waals surface area contributed by atoms with Crippen LogP contribution in [0.4, 0.5) is 5.69 Å². The van der Waals surface area contributed by atoms with E-state index < -0.39 is 49.3 Å². The molecule has 133 valence electrons. The van der Waals surface area contributed by atoms with Gasteiger partial charge >= 0.3 is 0 Å². The van der Waals surface area contributed by atoms with E-state index in [1.165, 1.54) is 0 Å². The van der Waals surface area contributed by atoms with E-state index in [0.717, 1.165) is 24.5 Å². The van der Waals surface area contributed by atoms with Gasteiger partial charge in [-0.1, -0.05) is 0 Å². The van der Waals surface area contributed by atoms with E-state index in [4.69, 9.17) is 0 Å². The topological polar surface area (TPSA) is 128 Å². The summed E-state index contributed by atoms with van der Waals surface area (Å²) in [4.78, 5) is 46.0. The average Bonchev–Trinajstić information content (AvgIpc) is 2.45. The van der Waals surface area contributed by atoms with E-state index in [9.17, 15) is 32.9 Å². The Labute approximate surface area is 148 Å². The summed E-state index contributed by atoms with van der Waals surface area (Å²) >= 11 is 0. The molecule has 0 amide bonds. The third-order valence-corrected chi connectivity index (χ3v) is 4.72. The van der Waals surface area contributed by atoms with Gasteiger partial charge in [-0.15, -0.1) is 0 Å². The van der Waals surface area contributed by atoms with Gasteiger partial charge in [0.2, 0.25) is 0 Å². The zero-order chi connectivity index (χ0) is 17.4. The first-order valence-electron chi connectivity index (χ1n) is 6.71. The molecule has 1 fully saturated rings. The van der Waals surface area contributed by atoms with Crippen molar-refractivity contribution >= 4 is 32.9 Å². The maximum atomic E-state index is 12.4. The van der Waals surface area contributed by atoms with Crippen molar-refractivity contribution in [3.8, 4) is 0 Å². The van der Waals surface area contributed by atoms with Gasteiger partial charge in [0.15, 0.2) is 27.2 Å². The molecular weight excluding hydrogens is 390 g/mol. The second-order valence-electron chi connectivity index (χ2n) is 5.29. The Morgan fingerprint density at radius 2 is 1.75 bits per heavy atom. The molecule has 0 N–H and O–H groups in total. The summed E-state index contributed by atoms with van der Waals surface area (Å²) in [5.41, 5.74) is -1.17. The van der Waals surface area contributed by atoms with Gasteiger partial charge in [-0.2, -0.15) is 0 Å². The molecule has 1 aliphatic carbocycles. The van der Waals surface area contributed by atoms with Gasteiger partial charge in [-0.05, 0) is 18.6 Å².